The standard InChI is InChI=1S/C11H13N3O3/c12-7(10(15)16)3-1-6-2-4-9-8(5-6)14-11(13)17-9/h2,4-5,7H,1,3,12H2,(H2,13,14)(H,15,16)/t7-/m0/s1. The third-order valence-corrected chi connectivity index (χ3v) is 2.53. The van der Waals surface area contributed by atoms with E-state index in [1.807, 2.05) is 12.1 Å². The molecule has 0 fully saturated rings. The molecule has 2 rings (SSSR count). The number of aliphatic carboxylic acids is 1. The fourth-order valence-corrected chi connectivity index (χ4v) is 1.59. The average molecular weight is 235 g/mol. The highest BCUT2D eigenvalue weighted by molar-refractivity contribution is 5.75. The Labute approximate surface area is 97.2 Å². The molecule has 0 aliphatic heterocycles. The molecule has 6 heteroatoms. The highest BCUT2D eigenvalue weighted by atomic mass is 16.4. The van der Waals surface area contributed by atoms with Gasteiger partial charge >= 0.3 is 5.97 Å². The van der Waals surface area contributed by atoms with Crippen LogP contribution in [0.5, 0.6) is 0 Å². The number of carbonyl (C=O) groups is 1. The van der Waals surface area contributed by atoms with Gasteiger partial charge in [-0.2, -0.15) is 4.98 Å². The van der Waals surface area contributed by atoms with Crippen molar-refractivity contribution in [1.82, 2.24) is 4.98 Å². The van der Waals surface area contributed by atoms with E-state index in [9.17, 15) is 4.79 Å². The normalized spacial score (nSPS) is 12.8. The van der Waals surface area contributed by atoms with Gasteiger partial charge in [-0.15, -0.1) is 0 Å². The number of nitrogens with zero attached hydrogens (tertiary/aromatic N) is 1. The molecule has 0 saturated carbocycles. The fraction of sp³-hybridized carbons (Fsp3) is 0.273. The number of nitrogen functional groups attached to an aromatic ring is 1. The van der Waals surface area contributed by atoms with E-state index >= 15 is 0 Å². The fourth-order valence-electron chi connectivity index (χ4n) is 1.59. The Morgan fingerprint density at radius 3 is 3.00 bits per heavy atom. The second kappa shape index (κ2) is 4.42. The van der Waals surface area contributed by atoms with Crippen LogP contribution in [0.25, 0.3) is 11.1 Å². The summed E-state index contributed by atoms with van der Waals surface area (Å²) in [5.74, 6) is -0.989. The number of carboxylic acids is 1. The van der Waals surface area contributed by atoms with Crippen LogP contribution < -0.4 is 11.5 Å². The van der Waals surface area contributed by atoms with Crippen LogP contribution in [0.1, 0.15) is 12.0 Å². The van der Waals surface area contributed by atoms with Crippen molar-refractivity contribution in [3.8, 4) is 0 Å². The van der Waals surface area contributed by atoms with Gasteiger partial charge in [-0.05, 0) is 30.5 Å². The Morgan fingerprint density at radius 2 is 2.29 bits per heavy atom. The Kier molecular flexibility index (Phi) is 2.97. The molecule has 1 aromatic carbocycles. The van der Waals surface area contributed by atoms with Crippen LogP contribution in [0.4, 0.5) is 6.01 Å². The van der Waals surface area contributed by atoms with Crippen molar-refractivity contribution in [1.29, 1.82) is 0 Å². The van der Waals surface area contributed by atoms with Gasteiger partial charge in [0.05, 0.1) is 0 Å². The van der Waals surface area contributed by atoms with Gasteiger partial charge in [0.2, 0.25) is 0 Å². The number of fused-ring (bicyclic) bond motifs is 1. The second-order valence-electron chi connectivity index (χ2n) is 3.84. The molecule has 1 aromatic heterocycles. The lowest BCUT2D eigenvalue weighted by molar-refractivity contribution is -0.138. The number of hydrogen-bond donors (Lipinski definition) is 3. The molecule has 0 aliphatic rings. The number of oxazole rings is 1. The van der Waals surface area contributed by atoms with Crippen molar-refractivity contribution >= 4 is 23.1 Å². The summed E-state index contributed by atoms with van der Waals surface area (Å²) in [7, 11) is 0. The molecule has 6 nitrogen and oxygen atoms in total. The lowest BCUT2D eigenvalue weighted by atomic mass is 10.1. The molecule has 1 heterocycles. The zero-order chi connectivity index (χ0) is 12.4. The summed E-state index contributed by atoms with van der Waals surface area (Å²) in [6.07, 6.45) is 0.963. The molecule has 0 aliphatic carbocycles. The first-order chi connectivity index (χ1) is 8.06. The Balaban J connectivity index is 2.11. The first kappa shape index (κ1) is 11.4. The number of aryl methyl sites for hydroxylation is 1. The number of nitrogens with two attached hydrogens (primary N) is 2. The van der Waals surface area contributed by atoms with Crippen LogP contribution in [0.15, 0.2) is 22.6 Å². The molecule has 5 N–H and O–H groups in total. The number of rotatable bonds is 4. The third kappa shape index (κ3) is 2.54. The Hall–Kier alpha value is -2.08. The van der Waals surface area contributed by atoms with Crippen LogP contribution in [-0.4, -0.2) is 22.1 Å². The smallest absolute Gasteiger partial charge is 0.320 e. The van der Waals surface area contributed by atoms with Crippen molar-refractivity contribution < 1.29 is 14.3 Å². The quantitative estimate of drug-likeness (QED) is 0.720. The summed E-state index contributed by atoms with van der Waals surface area (Å²) < 4.78 is 5.13. The van der Waals surface area contributed by atoms with Crippen LogP contribution >= 0.6 is 0 Å². The maximum atomic E-state index is 10.6. The molecule has 0 bridgehead atoms. The van der Waals surface area contributed by atoms with E-state index in [2.05, 4.69) is 4.98 Å². The van der Waals surface area contributed by atoms with Gasteiger partial charge in [0, 0.05) is 0 Å². The van der Waals surface area contributed by atoms with E-state index < -0.39 is 12.0 Å². The molecule has 0 radical (unpaired) electrons. The topological polar surface area (TPSA) is 115 Å². The summed E-state index contributed by atoms with van der Waals surface area (Å²) in [6, 6.07) is 4.72. The largest absolute Gasteiger partial charge is 0.480 e. The van der Waals surface area contributed by atoms with Crippen LogP contribution in [0, 0.1) is 0 Å². The molecule has 0 unspecified atom stereocenters. The van der Waals surface area contributed by atoms with E-state index in [1.54, 1.807) is 6.07 Å². The summed E-state index contributed by atoms with van der Waals surface area (Å²) in [4.78, 5) is 14.6. The molecule has 0 saturated heterocycles. The second-order valence-corrected chi connectivity index (χ2v) is 3.84. The van der Waals surface area contributed by atoms with Crippen LogP contribution in [0.2, 0.25) is 0 Å². The maximum absolute atomic E-state index is 10.6. The lowest BCUT2D eigenvalue weighted by Gasteiger charge is -2.05. The molecular formula is C11H13N3O3. The molecular weight excluding hydrogens is 222 g/mol. The summed E-state index contributed by atoms with van der Waals surface area (Å²) >= 11 is 0. The number of carboxylic acid groups (broad SMARTS) is 1. The van der Waals surface area contributed by atoms with Crippen molar-refractivity contribution in [3.05, 3.63) is 23.8 Å². The van der Waals surface area contributed by atoms with E-state index in [-0.39, 0.29) is 6.01 Å². The Bertz CT molecular complexity index is 550. The maximum Gasteiger partial charge on any atom is 0.320 e. The molecule has 0 spiro atoms. The van der Waals surface area contributed by atoms with Crippen molar-refractivity contribution in [3.63, 3.8) is 0 Å². The molecule has 17 heavy (non-hydrogen) atoms. The summed E-state index contributed by atoms with van der Waals surface area (Å²) in [5, 5.41) is 8.67. The minimum absolute atomic E-state index is 0.124. The first-order valence-corrected chi connectivity index (χ1v) is 5.19. The average Bonchev–Trinajstić information content (AvgIpc) is 2.64. The zero-order valence-corrected chi connectivity index (χ0v) is 9.09. The number of anilines is 1. The number of hydrogen-bond acceptors (Lipinski definition) is 5. The van der Waals surface area contributed by atoms with E-state index in [1.165, 1.54) is 0 Å². The van der Waals surface area contributed by atoms with E-state index in [4.69, 9.17) is 21.0 Å². The highest BCUT2D eigenvalue weighted by Crippen LogP contribution is 2.19. The molecule has 90 valence electrons. The van der Waals surface area contributed by atoms with Crippen LogP contribution in [-0.2, 0) is 11.2 Å². The summed E-state index contributed by atoms with van der Waals surface area (Å²) in [6.45, 7) is 0. The minimum atomic E-state index is -0.989. The molecule has 1 atom stereocenters. The number of benzene rings is 1. The predicted molar refractivity (Wildman–Crippen MR) is 62.4 cm³/mol. The van der Waals surface area contributed by atoms with E-state index in [0.717, 1.165) is 5.56 Å². The van der Waals surface area contributed by atoms with Gasteiger partial charge in [-0.1, -0.05) is 6.07 Å². The van der Waals surface area contributed by atoms with Crippen molar-refractivity contribution in [2.24, 2.45) is 5.73 Å². The number of aromatic nitrogens is 1. The van der Waals surface area contributed by atoms with Gasteiger partial charge < -0.3 is 21.0 Å². The monoisotopic (exact) mass is 235 g/mol. The lowest BCUT2D eigenvalue weighted by Crippen LogP contribution is -2.30. The van der Waals surface area contributed by atoms with Gasteiger partial charge in [-0.25, -0.2) is 0 Å². The van der Waals surface area contributed by atoms with E-state index in [0.29, 0.717) is 23.9 Å². The van der Waals surface area contributed by atoms with Crippen LogP contribution in [0.3, 0.4) is 0 Å². The van der Waals surface area contributed by atoms with Gasteiger partial charge in [0.15, 0.2) is 5.58 Å². The predicted octanol–water partition coefficient (Wildman–Crippen LogP) is 0.754. The first-order valence-electron chi connectivity index (χ1n) is 5.19. The third-order valence-electron chi connectivity index (χ3n) is 2.53. The van der Waals surface area contributed by atoms with Gasteiger partial charge in [0.25, 0.3) is 6.01 Å². The van der Waals surface area contributed by atoms with Gasteiger partial charge in [0.1, 0.15) is 11.6 Å². The highest BCUT2D eigenvalue weighted by Gasteiger charge is 2.11. The van der Waals surface area contributed by atoms with Gasteiger partial charge in [-0.3, -0.25) is 4.79 Å². The van der Waals surface area contributed by atoms with Crippen molar-refractivity contribution in [2.75, 3.05) is 5.73 Å². The Morgan fingerprint density at radius 1 is 1.53 bits per heavy atom. The molecule has 2 aromatic rings. The minimum Gasteiger partial charge on any atom is -0.480 e. The summed E-state index contributed by atoms with van der Waals surface area (Å²) in [5.41, 5.74) is 13.1. The molecule has 0 amide bonds. The van der Waals surface area contributed by atoms with Crippen molar-refractivity contribution in [2.45, 2.75) is 18.9 Å². The zero-order valence-electron chi connectivity index (χ0n) is 9.09. The SMILES string of the molecule is Nc1nc2cc(CC[C@H](N)C(=O)O)ccc2o1.